The van der Waals surface area contributed by atoms with Crippen LogP contribution in [0, 0.1) is 5.41 Å². The second-order valence-corrected chi connectivity index (χ2v) is 7.25. The molecule has 29 heavy (non-hydrogen) atoms. The summed E-state index contributed by atoms with van der Waals surface area (Å²) < 4.78 is 5.17. The molecule has 0 atom stereocenters. The molecule has 9 heteroatoms. The Kier molecular flexibility index (Phi) is 3.99. The quantitative estimate of drug-likeness (QED) is 0.139. The molecule has 5 rings (SSSR count). The first-order valence-corrected chi connectivity index (χ1v) is 10.2. The van der Waals surface area contributed by atoms with Crippen molar-refractivity contribution in [1.29, 1.82) is 5.41 Å². The van der Waals surface area contributed by atoms with E-state index in [9.17, 15) is 4.79 Å². The molecule has 1 aromatic carbocycles. The van der Waals surface area contributed by atoms with Gasteiger partial charge >= 0.3 is 5.97 Å². The third kappa shape index (κ3) is 2.65. The van der Waals surface area contributed by atoms with Gasteiger partial charge in [-0.05, 0) is 30.7 Å². The molecule has 0 unspecified atom stereocenters. The van der Waals surface area contributed by atoms with Gasteiger partial charge in [0.2, 0.25) is 0 Å². The van der Waals surface area contributed by atoms with Gasteiger partial charge in [-0.25, -0.2) is 19.7 Å². The van der Waals surface area contributed by atoms with Crippen molar-refractivity contribution in [2.24, 2.45) is 0 Å². The highest BCUT2D eigenvalue weighted by Gasteiger charge is 2.22. The van der Waals surface area contributed by atoms with Crippen LogP contribution in [0.4, 0.5) is 0 Å². The third-order valence-corrected chi connectivity index (χ3v) is 5.35. The highest BCUT2D eigenvalue weighted by molar-refractivity contribution is 7.98. The normalized spacial score (nSPS) is 11.7. The Morgan fingerprint density at radius 2 is 2.03 bits per heavy atom. The fourth-order valence-corrected chi connectivity index (χ4v) is 3.91. The summed E-state index contributed by atoms with van der Waals surface area (Å²) >= 11 is 1.42. The van der Waals surface area contributed by atoms with E-state index in [2.05, 4.69) is 19.9 Å². The van der Waals surface area contributed by atoms with Crippen molar-refractivity contribution in [2.75, 3.05) is 12.9 Å². The zero-order valence-electron chi connectivity index (χ0n) is 15.7. The molecule has 3 N–H and O–H groups in total. The number of para-hydroxylation sites is 1. The van der Waals surface area contributed by atoms with Crippen molar-refractivity contribution in [3.63, 3.8) is 0 Å². The van der Waals surface area contributed by atoms with Crippen molar-refractivity contribution in [2.45, 2.75) is 12.1 Å². The second-order valence-electron chi connectivity index (χ2n) is 6.45. The number of rotatable bonds is 3. The van der Waals surface area contributed by atoms with E-state index in [0.29, 0.717) is 32.9 Å². The number of aromatic nitrogens is 5. The minimum Gasteiger partial charge on any atom is -0.462 e. The summed E-state index contributed by atoms with van der Waals surface area (Å²) in [6.45, 7) is 1.94. The summed E-state index contributed by atoms with van der Waals surface area (Å²) in [5.41, 5.74) is 2.96. The minimum absolute atomic E-state index is 0.0907. The second kappa shape index (κ2) is 6.56. The lowest BCUT2D eigenvalue weighted by atomic mass is 10.1. The molecular weight excluding hydrogens is 388 g/mol. The van der Waals surface area contributed by atoms with Crippen LogP contribution in [-0.2, 0) is 4.74 Å². The van der Waals surface area contributed by atoms with Crippen molar-refractivity contribution in [3.05, 3.63) is 41.4 Å². The van der Waals surface area contributed by atoms with Gasteiger partial charge in [0.25, 0.3) is 0 Å². The van der Waals surface area contributed by atoms with Crippen molar-refractivity contribution in [3.8, 4) is 0 Å². The Bertz CT molecular complexity index is 1500. The molecule has 0 fully saturated rings. The SMILES string of the molecule is CCOC(=O)c1c(=N)nc2nc3[nH]c4ccccc4cc3c3nc(SC)[nH]c1c23. The maximum atomic E-state index is 12.6. The van der Waals surface area contributed by atoms with Crippen molar-refractivity contribution in [1.82, 2.24) is 24.9 Å². The van der Waals surface area contributed by atoms with Crippen LogP contribution >= 0.6 is 11.8 Å². The lowest BCUT2D eigenvalue weighted by Gasteiger charge is -2.13. The molecule has 144 valence electrons. The first-order chi connectivity index (χ1) is 14.1. The van der Waals surface area contributed by atoms with E-state index >= 15 is 0 Å². The topological polar surface area (TPSA) is 120 Å². The number of benzene rings is 1. The van der Waals surface area contributed by atoms with Gasteiger partial charge < -0.3 is 14.7 Å². The van der Waals surface area contributed by atoms with E-state index in [1.165, 1.54) is 11.8 Å². The molecule has 4 aromatic heterocycles. The van der Waals surface area contributed by atoms with Gasteiger partial charge in [0.05, 0.1) is 23.0 Å². The average molecular weight is 404 g/mol. The number of ether oxygens (including phenoxy) is 1. The van der Waals surface area contributed by atoms with Gasteiger partial charge in [0, 0.05) is 10.9 Å². The Labute approximate surface area is 168 Å². The van der Waals surface area contributed by atoms with Gasteiger partial charge in [0.15, 0.2) is 16.3 Å². The molecule has 0 saturated carbocycles. The highest BCUT2D eigenvalue weighted by Crippen LogP contribution is 2.31. The Morgan fingerprint density at radius 1 is 1.21 bits per heavy atom. The van der Waals surface area contributed by atoms with Crippen LogP contribution in [0.15, 0.2) is 35.5 Å². The summed E-state index contributed by atoms with van der Waals surface area (Å²) in [6, 6.07) is 9.94. The number of hydrogen-bond donors (Lipinski definition) is 3. The molecule has 0 bridgehead atoms. The predicted octanol–water partition coefficient (Wildman–Crippen LogP) is 3.52. The van der Waals surface area contributed by atoms with Crippen LogP contribution < -0.4 is 5.49 Å². The summed E-state index contributed by atoms with van der Waals surface area (Å²) in [6.07, 6.45) is 1.89. The van der Waals surface area contributed by atoms with E-state index in [0.717, 1.165) is 16.3 Å². The number of carbonyl (C=O) groups is 1. The van der Waals surface area contributed by atoms with Crippen LogP contribution in [0.5, 0.6) is 0 Å². The maximum Gasteiger partial charge on any atom is 0.344 e. The van der Waals surface area contributed by atoms with Gasteiger partial charge in [-0.15, -0.1) is 0 Å². The number of esters is 1. The van der Waals surface area contributed by atoms with E-state index in [1.807, 2.05) is 36.6 Å². The molecule has 0 saturated heterocycles. The zero-order valence-corrected chi connectivity index (χ0v) is 16.5. The third-order valence-electron chi connectivity index (χ3n) is 4.77. The van der Waals surface area contributed by atoms with Crippen LogP contribution in [0.3, 0.4) is 0 Å². The number of nitrogens with zero attached hydrogens (tertiary/aromatic N) is 3. The minimum atomic E-state index is -0.590. The first-order valence-electron chi connectivity index (χ1n) is 9.01. The van der Waals surface area contributed by atoms with Crippen molar-refractivity contribution >= 4 is 61.7 Å². The summed E-state index contributed by atoms with van der Waals surface area (Å²) in [5.74, 6) is -0.590. The summed E-state index contributed by atoms with van der Waals surface area (Å²) in [7, 11) is 0. The molecular formula is C20H16N6O2S. The predicted molar refractivity (Wildman–Crippen MR) is 112 cm³/mol. The number of hydrogen-bond acceptors (Lipinski definition) is 7. The largest absolute Gasteiger partial charge is 0.462 e. The molecule has 0 amide bonds. The number of nitrogens with one attached hydrogen (secondary N) is 3. The number of aromatic amines is 2. The van der Waals surface area contributed by atoms with Gasteiger partial charge in [-0.2, -0.15) is 0 Å². The first kappa shape index (κ1) is 17.6. The molecule has 0 aliphatic carbocycles. The lowest BCUT2D eigenvalue weighted by Crippen LogP contribution is -2.22. The maximum absolute atomic E-state index is 12.6. The van der Waals surface area contributed by atoms with Crippen LogP contribution in [0.2, 0.25) is 0 Å². The highest BCUT2D eigenvalue weighted by atomic mass is 32.2. The van der Waals surface area contributed by atoms with Crippen LogP contribution in [0.1, 0.15) is 17.3 Å². The number of thioether (sulfide) groups is 1. The summed E-state index contributed by atoms with van der Waals surface area (Å²) in [5, 5.41) is 11.4. The smallest absolute Gasteiger partial charge is 0.344 e. The molecule has 0 radical (unpaired) electrons. The number of fused-ring (bicyclic) bond motifs is 3. The summed E-state index contributed by atoms with van der Waals surface area (Å²) in [4.78, 5) is 32.7. The number of pyridine rings is 3. The van der Waals surface area contributed by atoms with Crippen LogP contribution in [-0.4, -0.2) is 43.8 Å². The molecule has 0 spiro atoms. The van der Waals surface area contributed by atoms with E-state index < -0.39 is 5.97 Å². The molecule has 8 nitrogen and oxygen atoms in total. The van der Waals surface area contributed by atoms with Crippen LogP contribution in [0.25, 0.3) is 44.0 Å². The standard InChI is InChI=1S/C20H16N6O2S/c1-3-28-19(27)13-15-12-14(23-20(24-15)29-2)10-8-9-6-4-5-7-11(9)22-17(10)26-18(12)25-16(13)21/h4-8H,3H2,1-2H3,(H,23,24)(H2,21,22,25,26). The number of H-pyrrole nitrogens is 2. The van der Waals surface area contributed by atoms with Gasteiger partial charge in [-0.3, -0.25) is 5.41 Å². The monoisotopic (exact) mass is 404 g/mol. The lowest BCUT2D eigenvalue weighted by molar-refractivity contribution is 0.0526. The molecule has 0 aliphatic rings. The fraction of sp³-hybridized carbons (Fsp3) is 0.150. The van der Waals surface area contributed by atoms with Gasteiger partial charge in [0.1, 0.15) is 11.2 Å². The Morgan fingerprint density at radius 3 is 2.83 bits per heavy atom. The van der Waals surface area contributed by atoms with E-state index in [1.54, 1.807) is 6.92 Å². The van der Waals surface area contributed by atoms with Crippen molar-refractivity contribution < 1.29 is 9.53 Å². The van der Waals surface area contributed by atoms with E-state index in [4.69, 9.17) is 15.1 Å². The van der Waals surface area contributed by atoms with E-state index in [-0.39, 0.29) is 17.7 Å². The molecule has 4 heterocycles. The average Bonchev–Trinajstić information content (AvgIpc) is 2.72. The Hall–Kier alpha value is -3.46. The number of carbonyl (C=O) groups excluding carboxylic acids is 1. The van der Waals surface area contributed by atoms with Gasteiger partial charge in [-0.1, -0.05) is 30.0 Å². The zero-order chi connectivity index (χ0) is 20.1. The molecule has 0 aliphatic heterocycles. The fourth-order valence-electron chi connectivity index (χ4n) is 3.52. The molecule has 5 aromatic rings. The Balaban J connectivity index is 2.01.